The van der Waals surface area contributed by atoms with Gasteiger partial charge in [-0.3, -0.25) is 0 Å². The third-order valence-electron chi connectivity index (χ3n) is 3.56. The highest BCUT2D eigenvalue weighted by Gasteiger charge is 2.56. The number of rotatable bonds is 6. The Morgan fingerprint density at radius 1 is 1.00 bits per heavy atom. The molecule has 4 unspecified atom stereocenters. The fourth-order valence-electron chi connectivity index (χ4n) is 2.81. The van der Waals surface area contributed by atoms with Crippen LogP contribution in [0.2, 0.25) is 0 Å². The van der Waals surface area contributed by atoms with E-state index in [1.165, 1.54) is 14.2 Å². The molecule has 2 saturated heterocycles. The standard InChI is InChI=1S/C14H25O9P/c1-13(2)20-8(7-19-24(17-5)18-6)9-10(22-13)11(12(15)16)23-14(3,4)21-9/h8-11H,7H2,1-6H3,(H,15,16). The summed E-state index contributed by atoms with van der Waals surface area (Å²) in [4.78, 5) is 11.6. The molecule has 0 aromatic carbocycles. The van der Waals surface area contributed by atoms with E-state index in [0.717, 1.165) is 0 Å². The molecule has 0 bridgehead atoms. The van der Waals surface area contributed by atoms with E-state index in [2.05, 4.69) is 0 Å². The molecule has 0 aromatic heterocycles. The molecule has 2 heterocycles. The monoisotopic (exact) mass is 368 g/mol. The first-order chi connectivity index (χ1) is 11.1. The first-order valence-electron chi connectivity index (χ1n) is 7.54. The second kappa shape index (κ2) is 7.47. The Hall–Kier alpha value is -0.380. The molecular weight excluding hydrogens is 343 g/mol. The molecule has 140 valence electrons. The van der Waals surface area contributed by atoms with Crippen LogP contribution in [0.15, 0.2) is 0 Å². The number of fused-ring (bicyclic) bond motifs is 1. The number of carboxylic acid groups (broad SMARTS) is 1. The van der Waals surface area contributed by atoms with Crippen LogP contribution in [0.3, 0.4) is 0 Å². The quantitative estimate of drug-likeness (QED) is 0.701. The molecule has 2 fully saturated rings. The van der Waals surface area contributed by atoms with Crippen molar-refractivity contribution in [2.24, 2.45) is 0 Å². The zero-order valence-electron chi connectivity index (χ0n) is 14.7. The van der Waals surface area contributed by atoms with Gasteiger partial charge in [0.15, 0.2) is 17.7 Å². The summed E-state index contributed by atoms with van der Waals surface area (Å²) in [6, 6.07) is 0. The first-order valence-corrected chi connectivity index (χ1v) is 8.63. The molecule has 4 atom stereocenters. The summed E-state index contributed by atoms with van der Waals surface area (Å²) in [5.41, 5.74) is 0. The minimum Gasteiger partial charge on any atom is -0.479 e. The molecule has 0 amide bonds. The minimum atomic E-state index is -1.51. The average molecular weight is 368 g/mol. The second-order valence-electron chi connectivity index (χ2n) is 6.38. The largest absolute Gasteiger partial charge is 0.479 e. The van der Waals surface area contributed by atoms with Crippen LogP contribution in [0.4, 0.5) is 0 Å². The lowest BCUT2D eigenvalue weighted by atomic mass is 9.97. The second-order valence-corrected chi connectivity index (χ2v) is 7.82. The van der Waals surface area contributed by atoms with Crippen molar-refractivity contribution in [1.82, 2.24) is 0 Å². The Labute approximate surface area is 142 Å². The van der Waals surface area contributed by atoms with Crippen molar-refractivity contribution in [1.29, 1.82) is 0 Å². The fraction of sp³-hybridized carbons (Fsp3) is 0.929. The van der Waals surface area contributed by atoms with Gasteiger partial charge in [0.1, 0.15) is 18.3 Å². The molecule has 10 heteroatoms. The summed E-state index contributed by atoms with van der Waals surface area (Å²) in [7, 11) is 1.44. The zero-order chi connectivity index (χ0) is 18.1. The molecule has 24 heavy (non-hydrogen) atoms. The van der Waals surface area contributed by atoms with Gasteiger partial charge in [-0.1, -0.05) is 0 Å². The van der Waals surface area contributed by atoms with Crippen molar-refractivity contribution < 1.29 is 42.4 Å². The van der Waals surface area contributed by atoms with Crippen LogP contribution in [-0.2, 0) is 37.3 Å². The van der Waals surface area contributed by atoms with Crippen molar-refractivity contribution in [3.63, 3.8) is 0 Å². The summed E-state index contributed by atoms with van der Waals surface area (Å²) in [5.74, 6) is -3.22. The van der Waals surface area contributed by atoms with E-state index in [1.54, 1.807) is 27.7 Å². The SMILES string of the molecule is COP(OC)OCC1OC(C)(C)OC2C(C(=O)O)OC(C)(C)OC12. The lowest BCUT2D eigenvalue weighted by molar-refractivity contribution is -0.420. The van der Waals surface area contributed by atoms with Crippen LogP contribution in [0, 0.1) is 0 Å². The highest BCUT2D eigenvalue weighted by Crippen LogP contribution is 2.42. The molecule has 2 aliphatic rings. The van der Waals surface area contributed by atoms with Crippen LogP contribution in [0.25, 0.3) is 0 Å². The Bertz CT molecular complexity index is 452. The van der Waals surface area contributed by atoms with Crippen molar-refractivity contribution in [2.45, 2.75) is 63.7 Å². The van der Waals surface area contributed by atoms with Gasteiger partial charge in [-0.05, 0) is 27.7 Å². The topological polar surface area (TPSA) is 102 Å². The Morgan fingerprint density at radius 2 is 1.54 bits per heavy atom. The van der Waals surface area contributed by atoms with Gasteiger partial charge in [0.25, 0.3) is 0 Å². The molecule has 2 aliphatic heterocycles. The van der Waals surface area contributed by atoms with Crippen molar-refractivity contribution in [3.05, 3.63) is 0 Å². The molecule has 0 aliphatic carbocycles. The molecule has 2 rings (SSSR count). The predicted molar refractivity (Wildman–Crippen MR) is 82.2 cm³/mol. The Morgan fingerprint density at radius 3 is 2.08 bits per heavy atom. The molecule has 0 aromatic rings. The van der Waals surface area contributed by atoms with E-state index in [1.807, 2.05) is 0 Å². The molecular formula is C14H25O9P. The normalized spacial score (nSPS) is 34.8. The summed E-state index contributed by atoms with van der Waals surface area (Å²) in [5, 5.41) is 9.49. The van der Waals surface area contributed by atoms with Crippen molar-refractivity contribution in [2.75, 3.05) is 20.8 Å². The predicted octanol–water partition coefficient (Wildman–Crippen LogP) is 1.65. The van der Waals surface area contributed by atoms with Gasteiger partial charge >= 0.3 is 14.6 Å². The number of carboxylic acids is 1. The van der Waals surface area contributed by atoms with Gasteiger partial charge in [0.2, 0.25) is 0 Å². The van der Waals surface area contributed by atoms with E-state index in [4.69, 9.17) is 32.5 Å². The number of aliphatic carboxylic acids is 1. The number of hydrogen-bond acceptors (Lipinski definition) is 8. The number of ether oxygens (including phenoxy) is 4. The van der Waals surface area contributed by atoms with E-state index in [9.17, 15) is 9.90 Å². The lowest BCUT2D eigenvalue weighted by Crippen LogP contribution is -2.67. The highest BCUT2D eigenvalue weighted by atomic mass is 31.2. The van der Waals surface area contributed by atoms with E-state index in [0.29, 0.717) is 0 Å². The Balaban J connectivity index is 2.21. The van der Waals surface area contributed by atoms with Crippen molar-refractivity contribution in [3.8, 4) is 0 Å². The van der Waals surface area contributed by atoms with E-state index >= 15 is 0 Å². The van der Waals surface area contributed by atoms with Crippen LogP contribution < -0.4 is 0 Å². The highest BCUT2D eigenvalue weighted by molar-refractivity contribution is 7.41. The van der Waals surface area contributed by atoms with Crippen LogP contribution >= 0.6 is 8.60 Å². The third kappa shape index (κ3) is 4.62. The maximum Gasteiger partial charge on any atom is 0.335 e. The van der Waals surface area contributed by atoms with Gasteiger partial charge in [0.05, 0.1) is 6.61 Å². The van der Waals surface area contributed by atoms with Crippen LogP contribution in [0.5, 0.6) is 0 Å². The smallest absolute Gasteiger partial charge is 0.335 e. The maximum atomic E-state index is 11.6. The zero-order valence-corrected chi connectivity index (χ0v) is 15.6. The minimum absolute atomic E-state index is 0.101. The van der Waals surface area contributed by atoms with Crippen LogP contribution in [0.1, 0.15) is 27.7 Å². The van der Waals surface area contributed by atoms with Gasteiger partial charge < -0.3 is 37.6 Å². The van der Waals surface area contributed by atoms with Crippen molar-refractivity contribution >= 4 is 14.6 Å². The molecule has 0 radical (unpaired) electrons. The molecule has 0 saturated carbocycles. The summed E-state index contributed by atoms with van der Waals surface area (Å²) in [6.07, 6.45) is -3.24. The van der Waals surface area contributed by atoms with Crippen LogP contribution in [-0.4, -0.2) is 67.9 Å². The van der Waals surface area contributed by atoms with Gasteiger partial charge in [-0.25, -0.2) is 4.79 Å². The molecule has 9 nitrogen and oxygen atoms in total. The average Bonchev–Trinajstić information content (AvgIpc) is 2.47. The summed E-state index contributed by atoms with van der Waals surface area (Å²) in [6.45, 7) is 6.79. The van der Waals surface area contributed by atoms with E-state index in [-0.39, 0.29) is 6.61 Å². The van der Waals surface area contributed by atoms with Gasteiger partial charge in [-0.2, -0.15) is 0 Å². The summed E-state index contributed by atoms with van der Waals surface area (Å²) < 4.78 is 38.7. The summed E-state index contributed by atoms with van der Waals surface area (Å²) >= 11 is 0. The number of hydrogen-bond donors (Lipinski definition) is 1. The van der Waals surface area contributed by atoms with Gasteiger partial charge in [0, 0.05) is 14.2 Å². The maximum absolute atomic E-state index is 11.6. The fourth-order valence-corrected chi connectivity index (χ4v) is 3.43. The first kappa shape index (κ1) is 19.9. The van der Waals surface area contributed by atoms with Gasteiger partial charge in [-0.15, -0.1) is 0 Å². The third-order valence-corrected chi connectivity index (χ3v) is 4.52. The van der Waals surface area contributed by atoms with E-state index < -0.39 is 50.6 Å². The lowest BCUT2D eigenvalue weighted by Gasteiger charge is -2.52. The number of carbonyl (C=O) groups is 1. The Kier molecular flexibility index (Phi) is 6.21. The molecule has 0 spiro atoms. The molecule has 1 N–H and O–H groups in total.